The van der Waals surface area contributed by atoms with Gasteiger partial charge in [-0.2, -0.15) is 18.4 Å². The van der Waals surface area contributed by atoms with Crippen molar-refractivity contribution in [3.05, 3.63) is 29.3 Å². The predicted molar refractivity (Wildman–Crippen MR) is 72.5 cm³/mol. The lowest BCUT2D eigenvalue weighted by molar-refractivity contribution is -0.137. The van der Waals surface area contributed by atoms with E-state index >= 15 is 0 Å². The zero-order chi connectivity index (χ0) is 16.3. The molecule has 4 nitrogen and oxygen atoms in total. The van der Waals surface area contributed by atoms with Crippen LogP contribution in [0, 0.1) is 11.3 Å². The van der Waals surface area contributed by atoms with Crippen LogP contribution >= 0.6 is 0 Å². The second-order valence-electron chi connectivity index (χ2n) is 5.52. The van der Waals surface area contributed by atoms with Crippen molar-refractivity contribution in [2.24, 2.45) is 0 Å². The average molecular weight is 299 g/mol. The Kier molecular flexibility index (Phi) is 4.84. The molecule has 0 aliphatic carbocycles. The highest BCUT2D eigenvalue weighted by Crippen LogP contribution is 2.32. The van der Waals surface area contributed by atoms with Crippen LogP contribution in [0.2, 0.25) is 0 Å². The minimum absolute atomic E-state index is 0.0898. The molecule has 0 unspecified atom stereocenters. The third kappa shape index (κ3) is 5.34. The Balaban J connectivity index is 2.79. The average Bonchev–Trinajstić information content (AvgIpc) is 2.32. The number of alkyl halides is 3. The minimum atomic E-state index is -4.58. The smallest absolute Gasteiger partial charge is 0.376 e. The van der Waals surface area contributed by atoms with Crippen LogP contribution in [0.15, 0.2) is 18.2 Å². The molecule has 0 spiro atoms. The first-order valence-corrected chi connectivity index (χ1v) is 6.19. The summed E-state index contributed by atoms with van der Waals surface area (Å²) in [5.41, 5.74) is -1.58. The van der Waals surface area contributed by atoms with Gasteiger partial charge >= 0.3 is 6.18 Å². The summed E-state index contributed by atoms with van der Waals surface area (Å²) in [4.78, 5) is 11.6. The van der Waals surface area contributed by atoms with E-state index in [0.717, 1.165) is 12.1 Å². The number of amides is 1. The Bertz CT molecular complexity index is 568. The van der Waals surface area contributed by atoms with E-state index < -0.39 is 22.8 Å². The molecule has 1 aromatic carbocycles. The number of benzene rings is 1. The molecule has 114 valence electrons. The Morgan fingerprint density at radius 3 is 2.38 bits per heavy atom. The van der Waals surface area contributed by atoms with Crippen molar-refractivity contribution in [2.75, 3.05) is 11.9 Å². The van der Waals surface area contributed by atoms with Crippen LogP contribution in [-0.2, 0) is 11.0 Å². The maximum absolute atomic E-state index is 12.6. The molecule has 0 aromatic heterocycles. The van der Waals surface area contributed by atoms with E-state index in [2.05, 4.69) is 10.6 Å². The highest BCUT2D eigenvalue weighted by atomic mass is 19.4. The van der Waals surface area contributed by atoms with Gasteiger partial charge in [-0.15, -0.1) is 0 Å². The Labute approximate surface area is 121 Å². The number of rotatable bonds is 3. The van der Waals surface area contributed by atoms with E-state index in [-0.39, 0.29) is 18.1 Å². The molecule has 0 bridgehead atoms. The lowest BCUT2D eigenvalue weighted by Gasteiger charge is -2.20. The summed E-state index contributed by atoms with van der Waals surface area (Å²) < 4.78 is 37.9. The Morgan fingerprint density at radius 2 is 1.90 bits per heavy atom. The molecule has 0 aliphatic heterocycles. The number of hydrogen-bond donors (Lipinski definition) is 2. The third-order valence-electron chi connectivity index (χ3n) is 2.41. The fourth-order valence-corrected chi connectivity index (χ4v) is 1.64. The van der Waals surface area contributed by atoms with Crippen LogP contribution in [0.4, 0.5) is 18.9 Å². The normalized spacial score (nSPS) is 11.7. The van der Waals surface area contributed by atoms with Gasteiger partial charge < -0.3 is 10.6 Å². The molecule has 0 radical (unpaired) electrons. The molecule has 0 aliphatic rings. The van der Waals surface area contributed by atoms with E-state index in [1.165, 1.54) is 12.1 Å². The van der Waals surface area contributed by atoms with Crippen LogP contribution in [-0.4, -0.2) is 18.0 Å². The summed E-state index contributed by atoms with van der Waals surface area (Å²) in [6, 6.07) is 4.59. The molecule has 2 N–H and O–H groups in total. The van der Waals surface area contributed by atoms with Gasteiger partial charge in [0.2, 0.25) is 5.91 Å². The standard InChI is InChI=1S/C14H16F3N3O/c1-13(2,3)20-12(21)8-19-10-4-5-11(14(15,16)17)9(6-10)7-18/h4-6,19H,8H2,1-3H3,(H,20,21). The SMILES string of the molecule is CC(C)(C)NC(=O)CNc1ccc(C(F)(F)F)c(C#N)c1. The Morgan fingerprint density at radius 1 is 1.29 bits per heavy atom. The quantitative estimate of drug-likeness (QED) is 0.902. The van der Waals surface area contributed by atoms with Gasteiger partial charge in [0.25, 0.3) is 0 Å². The number of carbonyl (C=O) groups is 1. The van der Waals surface area contributed by atoms with Gasteiger partial charge in [0.05, 0.1) is 23.7 Å². The summed E-state index contributed by atoms with van der Waals surface area (Å²) in [7, 11) is 0. The zero-order valence-corrected chi connectivity index (χ0v) is 11.9. The summed E-state index contributed by atoms with van der Waals surface area (Å²) in [5.74, 6) is -0.291. The van der Waals surface area contributed by atoms with Crippen LogP contribution in [0.5, 0.6) is 0 Å². The molecule has 1 aromatic rings. The fourth-order valence-electron chi connectivity index (χ4n) is 1.64. The summed E-state index contributed by atoms with van der Waals surface area (Å²) in [5, 5.41) is 14.2. The predicted octanol–water partition coefficient (Wildman–Crippen LogP) is 2.90. The van der Waals surface area contributed by atoms with Crippen LogP contribution in [0.1, 0.15) is 31.9 Å². The van der Waals surface area contributed by atoms with Gasteiger partial charge in [-0.3, -0.25) is 4.79 Å². The van der Waals surface area contributed by atoms with Gasteiger partial charge in [-0.25, -0.2) is 0 Å². The van der Waals surface area contributed by atoms with E-state index in [0.29, 0.717) is 0 Å². The van der Waals surface area contributed by atoms with Crippen molar-refractivity contribution >= 4 is 11.6 Å². The highest BCUT2D eigenvalue weighted by Gasteiger charge is 2.33. The van der Waals surface area contributed by atoms with Crippen LogP contribution in [0.3, 0.4) is 0 Å². The minimum Gasteiger partial charge on any atom is -0.376 e. The number of halogens is 3. The van der Waals surface area contributed by atoms with Gasteiger partial charge in [0, 0.05) is 11.2 Å². The molecule has 0 fully saturated rings. The highest BCUT2D eigenvalue weighted by molar-refractivity contribution is 5.81. The lowest BCUT2D eigenvalue weighted by atomic mass is 10.1. The second kappa shape index (κ2) is 6.04. The largest absolute Gasteiger partial charge is 0.417 e. The third-order valence-corrected chi connectivity index (χ3v) is 2.41. The first-order chi connectivity index (χ1) is 9.53. The van der Waals surface area contributed by atoms with Gasteiger partial charge in [0.1, 0.15) is 0 Å². The summed E-state index contributed by atoms with van der Waals surface area (Å²) >= 11 is 0. The van der Waals surface area contributed by atoms with Gasteiger partial charge in [-0.1, -0.05) is 0 Å². The molecule has 0 heterocycles. The fraction of sp³-hybridized carbons (Fsp3) is 0.429. The van der Waals surface area contributed by atoms with Gasteiger partial charge in [0.15, 0.2) is 0 Å². The number of hydrogen-bond acceptors (Lipinski definition) is 3. The van der Waals surface area contributed by atoms with Crippen molar-refractivity contribution in [3.63, 3.8) is 0 Å². The lowest BCUT2D eigenvalue weighted by Crippen LogP contribution is -2.43. The Hall–Kier alpha value is -2.23. The van der Waals surface area contributed by atoms with E-state index in [1.54, 1.807) is 0 Å². The number of nitrogens with one attached hydrogen (secondary N) is 2. The van der Waals surface area contributed by atoms with E-state index in [1.807, 2.05) is 20.8 Å². The molecule has 1 amide bonds. The maximum Gasteiger partial charge on any atom is 0.417 e. The van der Waals surface area contributed by atoms with Crippen molar-refractivity contribution in [2.45, 2.75) is 32.5 Å². The first-order valence-electron chi connectivity index (χ1n) is 6.19. The molecule has 0 atom stereocenters. The van der Waals surface area contributed by atoms with Crippen molar-refractivity contribution in [3.8, 4) is 6.07 Å². The van der Waals surface area contributed by atoms with Crippen molar-refractivity contribution in [1.29, 1.82) is 5.26 Å². The topological polar surface area (TPSA) is 64.9 Å². The molecule has 7 heteroatoms. The van der Waals surface area contributed by atoms with E-state index in [9.17, 15) is 18.0 Å². The second-order valence-corrected chi connectivity index (χ2v) is 5.52. The van der Waals surface area contributed by atoms with Crippen molar-refractivity contribution in [1.82, 2.24) is 5.32 Å². The van der Waals surface area contributed by atoms with Crippen molar-refractivity contribution < 1.29 is 18.0 Å². The van der Waals surface area contributed by atoms with Gasteiger partial charge in [-0.05, 0) is 39.0 Å². The van der Waals surface area contributed by atoms with Crippen LogP contribution in [0.25, 0.3) is 0 Å². The first kappa shape index (κ1) is 16.8. The summed E-state index contributed by atoms with van der Waals surface area (Å²) in [6.07, 6.45) is -4.58. The van der Waals surface area contributed by atoms with E-state index in [4.69, 9.17) is 5.26 Å². The zero-order valence-electron chi connectivity index (χ0n) is 11.9. The molecule has 1 rings (SSSR count). The summed E-state index contributed by atoms with van der Waals surface area (Å²) in [6.45, 7) is 5.36. The number of carbonyl (C=O) groups excluding carboxylic acids is 1. The molecule has 21 heavy (non-hydrogen) atoms. The molecule has 0 saturated carbocycles. The van der Waals surface area contributed by atoms with Crippen LogP contribution < -0.4 is 10.6 Å². The molecule has 0 saturated heterocycles. The molecular weight excluding hydrogens is 283 g/mol. The number of nitrogens with zero attached hydrogens (tertiary/aromatic N) is 1. The molecular formula is C14H16F3N3O. The number of nitriles is 1. The number of anilines is 1. The maximum atomic E-state index is 12.6. The monoisotopic (exact) mass is 299 g/mol.